The van der Waals surface area contributed by atoms with E-state index >= 15 is 0 Å². The first-order valence-corrected chi connectivity index (χ1v) is 24.7. The minimum absolute atomic E-state index is 0.0771. The highest BCUT2D eigenvalue weighted by Gasteiger charge is 2.46. The van der Waals surface area contributed by atoms with E-state index in [9.17, 15) is 0 Å². The van der Waals surface area contributed by atoms with Crippen LogP contribution in [0.5, 0.6) is 0 Å². The molecule has 0 amide bonds. The maximum absolute atomic E-state index is 2.68. The molecule has 0 bridgehead atoms. The number of hydrogen-bond donors (Lipinski definition) is 0. The molecule has 0 fully saturated rings. The number of hydrogen-bond acceptors (Lipinski definition) is 0. The largest absolute Gasteiger partial charge is 0.310 e. The van der Waals surface area contributed by atoms with Crippen molar-refractivity contribution in [1.82, 2.24) is 9.13 Å². The second-order valence-corrected chi connectivity index (χ2v) is 19.8. The molecule has 11 aromatic carbocycles. The molecule has 0 saturated carbocycles. The Kier molecular flexibility index (Phi) is 7.13. The van der Waals surface area contributed by atoms with Gasteiger partial charge in [0.2, 0.25) is 13.4 Å². The van der Waals surface area contributed by atoms with Crippen molar-refractivity contribution in [2.75, 3.05) is 0 Å². The number of benzene rings is 11. The van der Waals surface area contributed by atoms with Crippen molar-refractivity contribution < 1.29 is 0 Å². The van der Waals surface area contributed by atoms with Crippen molar-refractivity contribution in [3.8, 4) is 78.1 Å². The van der Waals surface area contributed by atoms with Crippen molar-refractivity contribution in [2.24, 2.45) is 0 Å². The Morgan fingerprint density at radius 3 is 1.07 bits per heavy atom. The first-order valence-electron chi connectivity index (χ1n) is 24.7. The molecule has 70 heavy (non-hydrogen) atoms. The fourth-order valence-corrected chi connectivity index (χ4v) is 13.7. The van der Waals surface area contributed by atoms with Crippen molar-refractivity contribution in [3.63, 3.8) is 0 Å². The maximum atomic E-state index is 2.68. The first-order chi connectivity index (χ1) is 34.8. The van der Waals surface area contributed by atoms with Crippen LogP contribution in [0.2, 0.25) is 0 Å². The van der Waals surface area contributed by atoms with Crippen LogP contribution in [0.25, 0.3) is 122 Å². The van der Waals surface area contributed by atoms with Gasteiger partial charge in [0.1, 0.15) is 0 Å². The lowest BCUT2D eigenvalue weighted by Crippen LogP contribution is -2.58. The van der Waals surface area contributed by atoms with Crippen molar-refractivity contribution in [2.45, 2.75) is 0 Å². The monoisotopic (exact) mass is 880 g/mol. The topological polar surface area (TPSA) is 9.86 Å². The predicted molar refractivity (Wildman–Crippen MR) is 297 cm³/mol. The van der Waals surface area contributed by atoms with Gasteiger partial charge in [0.15, 0.2) is 0 Å². The minimum atomic E-state index is 0.0771. The van der Waals surface area contributed by atoms with Crippen LogP contribution in [0.4, 0.5) is 0 Å². The molecule has 13 aromatic rings. The van der Waals surface area contributed by atoms with E-state index in [0.29, 0.717) is 0 Å². The summed E-state index contributed by atoms with van der Waals surface area (Å²) in [5.74, 6) is 0. The van der Waals surface area contributed by atoms with Gasteiger partial charge < -0.3 is 9.13 Å². The zero-order chi connectivity index (χ0) is 45.3. The van der Waals surface area contributed by atoms with E-state index in [1.807, 2.05) is 0 Å². The molecular formula is C66H38B2N2. The quantitative estimate of drug-likeness (QED) is 0.156. The molecule has 0 spiro atoms. The maximum Gasteiger partial charge on any atom is 0.248 e. The molecule has 0 saturated heterocycles. The van der Waals surface area contributed by atoms with Gasteiger partial charge in [-0.05, 0) is 119 Å². The van der Waals surface area contributed by atoms with Gasteiger partial charge in [0.05, 0.1) is 22.1 Å². The molecule has 0 aliphatic carbocycles. The Morgan fingerprint density at radius 2 is 0.643 bits per heavy atom. The lowest BCUT2D eigenvalue weighted by atomic mass is 9.34. The summed E-state index contributed by atoms with van der Waals surface area (Å²) < 4.78 is 5.37. The van der Waals surface area contributed by atoms with Crippen molar-refractivity contribution in [3.05, 3.63) is 231 Å². The van der Waals surface area contributed by atoms with Crippen LogP contribution in [0.1, 0.15) is 0 Å². The van der Waals surface area contributed by atoms with Gasteiger partial charge in [-0.15, -0.1) is 0 Å². The van der Waals surface area contributed by atoms with Gasteiger partial charge >= 0.3 is 0 Å². The third-order valence-electron chi connectivity index (χ3n) is 16.5. The van der Waals surface area contributed by atoms with Crippen LogP contribution >= 0.6 is 0 Å². The molecule has 2 aromatic heterocycles. The van der Waals surface area contributed by atoms with E-state index < -0.39 is 0 Å². The lowest BCUT2D eigenvalue weighted by molar-refractivity contribution is 1.15. The summed E-state index contributed by atoms with van der Waals surface area (Å²) in [6, 6.07) is 87.2. The Labute approximate surface area is 405 Å². The number of nitrogens with zero attached hydrogens (tertiary/aromatic N) is 2. The van der Waals surface area contributed by atoms with E-state index in [4.69, 9.17) is 0 Å². The highest BCUT2D eigenvalue weighted by molar-refractivity contribution is 7.04. The van der Waals surface area contributed by atoms with E-state index in [1.165, 1.54) is 155 Å². The Hall–Kier alpha value is -8.85. The fourth-order valence-electron chi connectivity index (χ4n) is 13.7. The molecule has 0 atom stereocenters. The molecule has 0 radical (unpaired) electrons. The molecule has 0 unspecified atom stereocenters. The number of rotatable bonds is 4. The third kappa shape index (κ3) is 4.66. The second-order valence-electron chi connectivity index (χ2n) is 19.8. The van der Waals surface area contributed by atoms with Crippen molar-refractivity contribution in [1.29, 1.82) is 0 Å². The number of aromatic nitrogens is 2. The van der Waals surface area contributed by atoms with Gasteiger partial charge in [0, 0.05) is 32.9 Å². The number of fused-ring (bicyclic) bond motifs is 18. The Bertz CT molecular complexity index is 4170. The summed E-state index contributed by atoms with van der Waals surface area (Å²) in [7, 11) is 0. The molecule has 6 heterocycles. The molecule has 17 rings (SSSR count). The summed E-state index contributed by atoms with van der Waals surface area (Å²) in [6.45, 7) is 0.154. The van der Waals surface area contributed by atoms with Gasteiger partial charge in [0.25, 0.3) is 0 Å². The first kappa shape index (κ1) is 37.2. The van der Waals surface area contributed by atoms with E-state index in [0.717, 1.165) is 0 Å². The standard InChI is InChI=1S/C66H38B2N2/c1-5-17-39(18-6-1)43-29-31-47-57(33-43)69-59-38-60-56(37-55(59)67-53-27-15-13-25-45(53)51-35-49(41-21-9-3-10-22-41)61(47)65(69)63(51)67)68-54-28-16-14-26-46(54)52-36-50(42-23-11-4-12-24-42)62-48-32-30-44(40-19-7-2-8-20-40)34-58(48)70(60)66(62)64(52)68/h1-38H. The second kappa shape index (κ2) is 13.4. The average molecular weight is 881 g/mol. The summed E-state index contributed by atoms with van der Waals surface area (Å²) in [4.78, 5) is 0. The average Bonchev–Trinajstić information content (AvgIpc) is 4.16. The molecule has 4 heteroatoms. The van der Waals surface area contributed by atoms with Crippen LogP contribution in [-0.2, 0) is 0 Å². The fraction of sp³-hybridized carbons (Fsp3) is 0. The molecule has 4 aliphatic rings. The van der Waals surface area contributed by atoms with Crippen LogP contribution in [0.3, 0.4) is 0 Å². The summed E-state index contributed by atoms with van der Waals surface area (Å²) in [6.07, 6.45) is 0. The van der Waals surface area contributed by atoms with E-state index in [1.54, 1.807) is 0 Å². The Morgan fingerprint density at radius 1 is 0.257 bits per heavy atom. The summed E-state index contributed by atoms with van der Waals surface area (Å²) >= 11 is 0. The SMILES string of the molecule is c1ccc(-c2ccc3c4c(-c5ccccc5)cc5c6c4n(c3c2)-c2cc3c(cc2B6c2ccccc2-5)B2c4ccccc4-c4cc(-c5ccccc5)c5c6ccc(-c7ccccc7)cc6n-3c5c42)cc1. The highest BCUT2D eigenvalue weighted by Crippen LogP contribution is 2.48. The molecule has 4 aliphatic heterocycles. The normalized spacial score (nSPS) is 13.1. The van der Waals surface area contributed by atoms with Gasteiger partial charge in [-0.1, -0.05) is 211 Å². The van der Waals surface area contributed by atoms with E-state index in [-0.39, 0.29) is 13.4 Å². The van der Waals surface area contributed by atoms with Gasteiger partial charge in [-0.2, -0.15) is 0 Å². The predicted octanol–water partition coefficient (Wildman–Crippen LogP) is 12.2. The molecular weight excluding hydrogens is 842 g/mol. The lowest BCUT2D eigenvalue weighted by Gasteiger charge is -2.31. The minimum Gasteiger partial charge on any atom is -0.310 e. The molecule has 2 nitrogen and oxygen atoms in total. The zero-order valence-electron chi connectivity index (χ0n) is 38.0. The van der Waals surface area contributed by atoms with E-state index in [2.05, 4.69) is 240 Å². The molecule has 0 N–H and O–H groups in total. The third-order valence-corrected chi connectivity index (χ3v) is 16.5. The summed E-state index contributed by atoms with van der Waals surface area (Å²) in [5, 5.41) is 5.22. The zero-order valence-corrected chi connectivity index (χ0v) is 38.0. The smallest absolute Gasteiger partial charge is 0.248 e. The van der Waals surface area contributed by atoms with Crippen LogP contribution < -0.4 is 32.8 Å². The van der Waals surface area contributed by atoms with Crippen molar-refractivity contribution >= 4 is 89.8 Å². The van der Waals surface area contributed by atoms with Gasteiger partial charge in [-0.3, -0.25) is 0 Å². The summed E-state index contributed by atoms with van der Waals surface area (Å²) in [5.41, 5.74) is 31.4. The van der Waals surface area contributed by atoms with Gasteiger partial charge in [-0.25, -0.2) is 0 Å². The Balaban J connectivity index is 1.06. The molecule has 318 valence electrons. The van der Waals surface area contributed by atoms with Crippen LogP contribution in [0, 0.1) is 0 Å². The highest BCUT2D eigenvalue weighted by atomic mass is 15.0. The van der Waals surface area contributed by atoms with Crippen LogP contribution in [0.15, 0.2) is 231 Å². The van der Waals surface area contributed by atoms with Crippen LogP contribution in [-0.4, -0.2) is 22.6 Å².